The zero-order valence-electron chi connectivity index (χ0n) is 13.8. The molecule has 3 heterocycles. The van der Waals surface area contributed by atoms with E-state index in [1.165, 1.54) is 10.9 Å². The Bertz CT molecular complexity index is 883. The summed E-state index contributed by atoms with van der Waals surface area (Å²) >= 11 is 18.5. The number of anilines is 1. The van der Waals surface area contributed by atoms with Gasteiger partial charge in [-0.2, -0.15) is 0 Å². The summed E-state index contributed by atoms with van der Waals surface area (Å²) < 4.78 is 30.5. The van der Waals surface area contributed by atoms with Crippen molar-refractivity contribution in [1.29, 1.82) is 0 Å². The summed E-state index contributed by atoms with van der Waals surface area (Å²) in [5, 5.41) is 10.0. The summed E-state index contributed by atoms with van der Waals surface area (Å²) in [7, 11) is 0. The van der Waals surface area contributed by atoms with Gasteiger partial charge < -0.3 is 29.6 Å². The third-order valence-corrected chi connectivity index (χ3v) is 5.04. The first-order valence-corrected chi connectivity index (χ1v) is 9.90. The number of aliphatic hydroxyl groups excluding tert-OH is 1. The number of rotatable bonds is 4. The lowest BCUT2D eigenvalue weighted by Gasteiger charge is -2.19. The van der Waals surface area contributed by atoms with Crippen LogP contribution < -0.4 is 5.73 Å². The van der Waals surface area contributed by atoms with Crippen LogP contribution in [0.2, 0.25) is 0 Å². The summed E-state index contributed by atoms with van der Waals surface area (Å²) in [6.07, 6.45) is -4.13. The standard InChI is InChI=1S/C14H13Cl3FIN4O5/c15-14(16,17)3-26-13(25)28-9-6(2-24)27-12(8(9)18)23-1-5(19)7-10(20)21-4-22-11(7)23/h1,4,6,8-9,12,24H,2-3H2,(H2,20,21,22)/t6-,8?,9+,12-/m1/s1. The zero-order valence-corrected chi connectivity index (χ0v) is 18.2. The Labute approximate surface area is 186 Å². The van der Waals surface area contributed by atoms with Gasteiger partial charge in [-0.1, -0.05) is 34.8 Å². The van der Waals surface area contributed by atoms with Crippen molar-refractivity contribution in [3.8, 4) is 0 Å². The molecule has 1 saturated heterocycles. The number of carbonyl (C=O) groups excluding carboxylic acids is 1. The number of nitrogens with zero attached hydrogens (tertiary/aromatic N) is 3. The van der Waals surface area contributed by atoms with Gasteiger partial charge in [-0.15, -0.1) is 0 Å². The average molecular weight is 570 g/mol. The van der Waals surface area contributed by atoms with Crippen LogP contribution in [0.5, 0.6) is 0 Å². The molecular weight excluding hydrogens is 556 g/mol. The SMILES string of the molecule is Nc1ncnc2c1c(I)cn2[C@@H]1O[C@H](CO)[C@H](OC(=O)OCC(Cl)(Cl)Cl)C1F. The van der Waals surface area contributed by atoms with E-state index in [0.717, 1.165) is 0 Å². The largest absolute Gasteiger partial charge is 0.508 e. The molecule has 0 amide bonds. The Morgan fingerprint density at radius 1 is 1.46 bits per heavy atom. The molecule has 1 fully saturated rings. The summed E-state index contributed by atoms with van der Waals surface area (Å²) in [6.45, 7) is -1.20. The molecule has 0 aromatic carbocycles. The third kappa shape index (κ3) is 4.49. The van der Waals surface area contributed by atoms with Crippen LogP contribution in [-0.4, -0.2) is 61.2 Å². The van der Waals surface area contributed by atoms with Crippen LogP contribution in [0.15, 0.2) is 12.5 Å². The van der Waals surface area contributed by atoms with Gasteiger partial charge in [0.2, 0.25) is 3.79 Å². The molecule has 0 saturated carbocycles. The number of ether oxygens (including phenoxy) is 3. The van der Waals surface area contributed by atoms with Crippen LogP contribution in [0.4, 0.5) is 15.0 Å². The fourth-order valence-corrected chi connectivity index (χ4v) is 3.73. The van der Waals surface area contributed by atoms with Crippen LogP contribution in [0, 0.1) is 3.57 Å². The van der Waals surface area contributed by atoms with E-state index in [9.17, 15) is 9.90 Å². The first-order chi connectivity index (χ1) is 13.1. The minimum atomic E-state index is -1.85. The van der Waals surface area contributed by atoms with Crippen molar-refractivity contribution in [1.82, 2.24) is 14.5 Å². The number of nitrogen functional groups attached to an aromatic ring is 1. The normalized spacial score (nSPS) is 25.2. The van der Waals surface area contributed by atoms with Crippen molar-refractivity contribution < 1.29 is 28.5 Å². The Kier molecular flexibility index (Phi) is 6.61. The fraction of sp³-hybridized carbons (Fsp3) is 0.500. The summed E-state index contributed by atoms with van der Waals surface area (Å²) in [5.74, 6) is 0.225. The molecule has 4 atom stereocenters. The van der Waals surface area contributed by atoms with Gasteiger partial charge >= 0.3 is 6.16 Å². The molecule has 0 bridgehead atoms. The highest BCUT2D eigenvalue weighted by Gasteiger charge is 2.49. The van der Waals surface area contributed by atoms with Gasteiger partial charge in [0.15, 0.2) is 18.5 Å². The van der Waals surface area contributed by atoms with Gasteiger partial charge in [-0.25, -0.2) is 19.2 Å². The molecule has 28 heavy (non-hydrogen) atoms. The molecule has 1 unspecified atom stereocenters. The van der Waals surface area contributed by atoms with Crippen LogP contribution in [-0.2, 0) is 14.2 Å². The maximum Gasteiger partial charge on any atom is 0.508 e. The van der Waals surface area contributed by atoms with E-state index in [1.54, 1.807) is 6.20 Å². The molecule has 1 aliphatic rings. The lowest BCUT2D eigenvalue weighted by Crippen LogP contribution is -2.36. The van der Waals surface area contributed by atoms with Gasteiger partial charge in [0.25, 0.3) is 0 Å². The van der Waals surface area contributed by atoms with Gasteiger partial charge in [-0.3, -0.25) is 0 Å². The molecule has 3 rings (SSSR count). The number of halogens is 5. The van der Waals surface area contributed by atoms with Crippen LogP contribution >= 0.6 is 57.4 Å². The first kappa shape index (κ1) is 21.8. The number of nitrogens with two attached hydrogens (primary N) is 1. The second-order valence-corrected chi connectivity index (χ2v) is 9.45. The van der Waals surface area contributed by atoms with Gasteiger partial charge in [0.1, 0.15) is 30.5 Å². The molecule has 0 radical (unpaired) electrons. The third-order valence-electron chi connectivity index (χ3n) is 3.90. The van der Waals surface area contributed by atoms with Crippen molar-refractivity contribution in [3.63, 3.8) is 0 Å². The number of hydrogen-bond donors (Lipinski definition) is 2. The van der Waals surface area contributed by atoms with Crippen molar-refractivity contribution >= 4 is 80.4 Å². The lowest BCUT2D eigenvalue weighted by molar-refractivity contribution is -0.0554. The Balaban J connectivity index is 1.82. The maximum atomic E-state index is 15.1. The van der Waals surface area contributed by atoms with Gasteiger partial charge in [0, 0.05) is 9.77 Å². The molecule has 2 aromatic rings. The van der Waals surface area contributed by atoms with Crippen molar-refractivity contribution in [2.24, 2.45) is 0 Å². The van der Waals surface area contributed by atoms with Crippen molar-refractivity contribution in [2.75, 3.05) is 18.9 Å². The summed E-state index contributed by atoms with van der Waals surface area (Å²) in [5.41, 5.74) is 6.19. The molecule has 14 heteroatoms. The zero-order chi connectivity index (χ0) is 20.6. The quantitative estimate of drug-likeness (QED) is 0.328. The van der Waals surface area contributed by atoms with Crippen molar-refractivity contribution in [2.45, 2.75) is 28.4 Å². The smallest absolute Gasteiger partial charge is 0.430 e. The fourth-order valence-electron chi connectivity index (χ4n) is 2.75. The number of aliphatic hydroxyl groups is 1. The van der Waals surface area contributed by atoms with E-state index in [0.29, 0.717) is 14.6 Å². The highest BCUT2D eigenvalue weighted by molar-refractivity contribution is 14.1. The van der Waals surface area contributed by atoms with E-state index in [2.05, 4.69) is 14.7 Å². The summed E-state index contributed by atoms with van der Waals surface area (Å²) in [4.78, 5) is 19.8. The number of carbonyl (C=O) groups is 1. The second-order valence-electron chi connectivity index (χ2n) is 5.77. The van der Waals surface area contributed by atoms with E-state index < -0.39 is 47.8 Å². The Hall–Kier alpha value is -0.860. The molecule has 0 aliphatic carbocycles. The minimum Gasteiger partial charge on any atom is -0.430 e. The predicted octanol–water partition coefficient (Wildman–Crippen LogP) is 2.74. The molecule has 1 aliphatic heterocycles. The van der Waals surface area contributed by atoms with Crippen LogP contribution in [0.3, 0.4) is 0 Å². The van der Waals surface area contributed by atoms with Crippen LogP contribution in [0.25, 0.3) is 11.0 Å². The molecule has 0 spiro atoms. The molecule has 9 nitrogen and oxygen atoms in total. The number of hydrogen-bond acceptors (Lipinski definition) is 8. The van der Waals surface area contributed by atoms with Gasteiger partial charge in [0.05, 0.1) is 12.0 Å². The molecule has 154 valence electrons. The second kappa shape index (κ2) is 8.48. The average Bonchev–Trinajstić information content (AvgIpc) is 3.11. The predicted molar refractivity (Wildman–Crippen MR) is 107 cm³/mol. The Morgan fingerprint density at radius 2 is 2.18 bits per heavy atom. The monoisotopic (exact) mass is 568 g/mol. The van der Waals surface area contributed by atoms with E-state index >= 15 is 4.39 Å². The van der Waals surface area contributed by atoms with Crippen LogP contribution in [0.1, 0.15) is 6.23 Å². The topological polar surface area (TPSA) is 122 Å². The highest BCUT2D eigenvalue weighted by atomic mass is 127. The molecule has 2 aromatic heterocycles. The Morgan fingerprint density at radius 3 is 2.82 bits per heavy atom. The van der Waals surface area contributed by atoms with E-state index in [1.807, 2.05) is 22.6 Å². The number of fused-ring (bicyclic) bond motifs is 1. The molecular formula is C14H13Cl3FIN4O5. The highest BCUT2D eigenvalue weighted by Crippen LogP contribution is 2.38. The lowest BCUT2D eigenvalue weighted by atomic mass is 10.1. The first-order valence-electron chi connectivity index (χ1n) is 7.69. The van der Waals surface area contributed by atoms with Crippen molar-refractivity contribution in [3.05, 3.63) is 16.1 Å². The van der Waals surface area contributed by atoms with Gasteiger partial charge in [-0.05, 0) is 22.6 Å². The maximum absolute atomic E-state index is 15.1. The minimum absolute atomic E-state index is 0.225. The number of aromatic nitrogens is 3. The van der Waals surface area contributed by atoms with E-state index in [-0.39, 0.29) is 5.82 Å². The number of alkyl halides is 4. The van der Waals surface area contributed by atoms with E-state index in [4.69, 9.17) is 50.0 Å². The molecule has 3 N–H and O–H groups in total. The summed E-state index contributed by atoms with van der Waals surface area (Å²) in [6, 6.07) is 0.